The zero-order valence-electron chi connectivity index (χ0n) is 11.0. The minimum Gasteiger partial charge on any atom is -0.350 e. The van der Waals surface area contributed by atoms with Crippen LogP contribution in [0.3, 0.4) is 0 Å². The second-order valence-electron chi connectivity index (χ2n) is 5.23. The largest absolute Gasteiger partial charge is 0.350 e. The van der Waals surface area contributed by atoms with Crippen LogP contribution >= 0.6 is 0 Å². The van der Waals surface area contributed by atoms with Crippen LogP contribution in [0.2, 0.25) is 0 Å². The van der Waals surface area contributed by atoms with Gasteiger partial charge >= 0.3 is 0 Å². The predicted octanol–water partition coefficient (Wildman–Crippen LogP) is 1.96. The van der Waals surface area contributed by atoms with Crippen molar-refractivity contribution in [3.8, 4) is 0 Å². The molecule has 2 rings (SSSR count). The summed E-state index contributed by atoms with van der Waals surface area (Å²) in [5.41, 5.74) is 1.23. The lowest BCUT2D eigenvalue weighted by molar-refractivity contribution is 0.512. The van der Waals surface area contributed by atoms with Crippen LogP contribution in [0.5, 0.6) is 0 Å². The van der Waals surface area contributed by atoms with E-state index in [1.54, 1.807) is 0 Å². The first-order valence-electron chi connectivity index (χ1n) is 6.44. The quantitative estimate of drug-likeness (QED) is 0.864. The van der Waals surface area contributed by atoms with E-state index in [0.717, 1.165) is 31.1 Å². The van der Waals surface area contributed by atoms with Gasteiger partial charge in [-0.05, 0) is 45.4 Å². The molecule has 4 heteroatoms. The summed E-state index contributed by atoms with van der Waals surface area (Å²) < 4.78 is 0. The van der Waals surface area contributed by atoms with Crippen LogP contribution in [0.1, 0.15) is 39.3 Å². The molecule has 0 atom stereocenters. The molecule has 1 saturated heterocycles. The van der Waals surface area contributed by atoms with E-state index in [1.165, 1.54) is 12.8 Å². The SMILES string of the molecule is CCNCc1ccc(N2CCCC2(C)C)nn1. The van der Waals surface area contributed by atoms with Crippen LogP contribution < -0.4 is 10.2 Å². The van der Waals surface area contributed by atoms with E-state index < -0.39 is 0 Å². The molecule has 4 nitrogen and oxygen atoms in total. The molecule has 0 aliphatic carbocycles. The topological polar surface area (TPSA) is 41.0 Å². The molecule has 0 bridgehead atoms. The Balaban J connectivity index is 2.07. The van der Waals surface area contributed by atoms with Gasteiger partial charge in [0.05, 0.1) is 5.69 Å². The third-order valence-electron chi connectivity index (χ3n) is 3.44. The molecule has 94 valence electrons. The molecule has 0 amide bonds. The summed E-state index contributed by atoms with van der Waals surface area (Å²) in [6.07, 6.45) is 2.47. The molecule has 0 saturated carbocycles. The fraction of sp³-hybridized carbons (Fsp3) is 0.692. The van der Waals surface area contributed by atoms with Crippen molar-refractivity contribution in [2.75, 3.05) is 18.0 Å². The average molecular weight is 234 g/mol. The Kier molecular flexibility index (Phi) is 3.62. The van der Waals surface area contributed by atoms with Gasteiger partial charge in [0.25, 0.3) is 0 Å². The Hall–Kier alpha value is -1.16. The number of aromatic nitrogens is 2. The van der Waals surface area contributed by atoms with E-state index in [4.69, 9.17) is 0 Å². The highest BCUT2D eigenvalue weighted by atomic mass is 15.3. The molecule has 1 fully saturated rings. The highest BCUT2D eigenvalue weighted by Crippen LogP contribution is 2.31. The third-order valence-corrected chi connectivity index (χ3v) is 3.44. The molecule has 0 spiro atoms. The molecule has 1 N–H and O–H groups in total. The lowest BCUT2D eigenvalue weighted by atomic mass is 10.0. The van der Waals surface area contributed by atoms with E-state index in [-0.39, 0.29) is 5.54 Å². The van der Waals surface area contributed by atoms with E-state index in [1.807, 2.05) is 0 Å². The Morgan fingerprint density at radius 1 is 1.35 bits per heavy atom. The first-order chi connectivity index (χ1) is 8.13. The van der Waals surface area contributed by atoms with Crippen molar-refractivity contribution in [3.05, 3.63) is 17.8 Å². The summed E-state index contributed by atoms with van der Waals surface area (Å²) >= 11 is 0. The fourth-order valence-electron chi connectivity index (χ4n) is 2.38. The second-order valence-corrected chi connectivity index (χ2v) is 5.23. The Morgan fingerprint density at radius 3 is 2.71 bits per heavy atom. The van der Waals surface area contributed by atoms with Gasteiger partial charge in [-0.1, -0.05) is 6.92 Å². The van der Waals surface area contributed by atoms with Gasteiger partial charge in [-0.2, -0.15) is 5.10 Å². The molecule has 2 heterocycles. The first-order valence-corrected chi connectivity index (χ1v) is 6.44. The summed E-state index contributed by atoms with van der Waals surface area (Å²) in [6, 6.07) is 4.16. The number of rotatable bonds is 4. The van der Waals surface area contributed by atoms with Crippen molar-refractivity contribution in [2.24, 2.45) is 0 Å². The van der Waals surface area contributed by atoms with E-state index in [0.29, 0.717) is 0 Å². The second kappa shape index (κ2) is 5.00. The lowest BCUT2D eigenvalue weighted by Crippen LogP contribution is -2.38. The molecule has 0 aromatic carbocycles. The first kappa shape index (κ1) is 12.3. The normalized spacial score (nSPS) is 18.6. The highest BCUT2D eigenvalue weighted by Gasteiger charge is 2.32. The summed E-state index contributed by atoms with van der Waals surface area (Å²) in [5, 5.41) is 11.9. The lowest BCUT2D eigenvalue weighted by Gasteiger charge is -2.32. The molecule has 1 aromatic rings. The van der Waals surface area contributed by atoms with Gasteiger partial charge in [0.2, 0.25) is 0 Å². The van der Waals surface area contributed by atoms with E-state index in [9.17, 15) is 0 Å². The maximum absolute atomic E-state index is 4.35. The van der Waals surface area contributed by atoms with Crippen molar-refractivity contribution >= 4 is 5.82 Å². The minimum absolute atomic E-state index is 0.220. The summed E-state index contributed by atoms with van der Waals surface area (Å²) in [7, 11) is 0. The summed E-state index contributed by atoms with van der Waals surface area (Å²) in [4.78, 5) is 2.36. The maximum atomic E-state index is 4.35. The van der Waals surface area contributed by atoms with Crippen LogP contribution in [-0.2, 0) is 6.54 Å². The number of nitrogens with zero attached hydrogens (tertiary/aromatic N) is 3. The molecule has 1 aromatic heterocycles. The van der Waals surface area contributed by atoms with Crippen molar-refractivity contribution in [2.45, 2.75) is 45.7 Å². The molecule has 0 radical (unpaired) electrons. The Labute approximate surface area is 103 Å². The standard InChI is InChI=1S/C13H22N4/c1-4-14-10-11-6-7-12(16-15-11)17-9-5-8-13(17,2)3/h6-7,14H,4-5,8-10H2,1-3H3. The van der Waals surface area contributed by atoms with E-state index >= 15 is 0 Å². The highest BCUT2D eigenvalue weighted by molar-refractivity contribution is 5.42. The summed E-state index contributed by atoms with van der Waals surface area (Å²) in [5.74, 6) is 1.01. The van der Waals surface area contributed by atoms with Crippen LogP contribution in [0.4, 0.5) is 5.82 Å². The van der Waals surface area contributed by atoms with Crippen LogP contribution in [0.25, 0.3) is 0 Å². The number of nitrogens with one attached hydrogen (secondary N) is 1. The van der Waals surface area contributed by atoms with Gasteiger partial charge in [0.1, 0.15) is 0 Å². The molecule has 1 aliphatic heterocycles. The molecular weight excluding hydrogens is 212 g/mol. The van der Waals surface area contributed by atoms with Gasteiger partial charge in [-0.15, -0.1) is 5.10 Å². The smallest absolute Gasteiger partial charge is 0.151 e. The zero-order chi connectivity index (χ0) is 12.3. The van der Waals surface area contributed by atoms with Gasteiger partial charge in [0, 0.05) is 18.6 Å². The van der Waals surface area contributed by atoms with E-state index in [2.05, 4.69) is 53.3 Å². The Morgan fingerprint density at radius 2 is 2.18 bits per heavy atom. The molecular formula is C13H22N4. The minimum atomic E-state index is 0.220. The fourth-order valence-corrected chi connectivity index (χ4v) is 2.38. The number of hydrogen-bond acceptors (Lipinski definition) is 4. The van der Waals surface area contributed by atoms with Gasteiger partial charge in [0.15, 0.2) is 5.82 Å². The number of anilines is 1. The number of hydrogen-bond donors (Lipinski definition) is 1. The zero-order valence-corrected chi connectivity index (χ0v) is 11.0. The van der Waals surface area contributed by atoms with Gasteiger partial charge in [-0.25, -0.2) is 0 Å². The maximum Gasteiger partial charge on any atom is 0.151 e. The van der Waals surface area contributed by atoms with Gasteiger partial charge in [-0.3, -0.25) is 0 Å². The molecule has 0 unspecified atom stereocenters. The van der Waals surface area contributed by atoms with Gasteiger partial charge < -0.3 is 10.2 Å². The predicted molar refractivity (Wildman–Crippen MR) is 70.1 cm³/mol. The van der Waals surface area contributed by atoms with Crippen LogP contribution in [0, 0.1) is 0 Å². The average Bonchev–Trinajstić information content (AvgIpc) is 2.67. The Bertz CT molecular complexity index is 358. The molecule has 17 heavy (non-hydrogen) atoms. The van der Waals surface area contributed by atoms with Crippen molar-refractivity contribution < 1.29 is 0 Å². The van der Waals surface area contributed by atoms with Crippen molar-refractivity contribution in [1.29, 1.82) is 0 Å². The monoisotopic (exact) mass is 234 g/mol. The van der Waals surface area contributed by atoms with Crippen LogP contribution in [0.15, 0.2) is 12.1 Å². The third kappa shape index (κ3) is 2.75. The summed E-state index contributed by atoms with van der Waals surface area (Å²) in [6.45, 7) is 9.49. The van der Waals surface area contributed by atoms with Crippen molar-refractivity contribution in [1.82, 2.24) is 15.5 Å². The van der Waals surface area contributed by atoms with Crippen LogP contribution in [-0.4, -0.2) is 28.8 Å². The van der Waals surface area contributed by atoms with Crippen molar-refractivity contribution in [3.63, 3.8) is 0 Å². The molecule has 1 aliphatic rings.